The predicted octanol–water partition coefficient (Wildman–Crippen LogP) is 2.57. The molecule has 20 heavy (non-hydrogen) atoms. The van der Waals surface area contributed by atoms with E-state index in [4.69, 9.17) is 21.1 Å². The molecular formula is C15H20ClNO3. The van der Waals surface area contributed by atoms with Gasteiger partial charge in [-0.2, -0.15) is 0 Å². The lowest BCUT2D eigenvalue weighted by Gasteiger charge is -2.23. The summed E-state index contributed by atoms with van der Waals surface area (Å²) in [5, 5.41) is 3.64. The molecule has 1 amide bonds. The molecule has 1 aromatic carbocycles. The number of hydrogen-bond donors (Lipinski definition) is 1. The van der Waals surface area contributed by atoms with Gasteiger partial charge < -0.3 is 14.8 Å². The van der Waals surface area contributed by atoms with Crippen molar-refractivity contribution in [2.45, 2.75) is 31.9 Å². The van der Waals surface area contributed by atoms with Crippen LogP contribution in [0.2, 0.25) is 5.02 Å². The third-order valence-electron chi connectivity index (χ3n) is 3.51. The van der Waals surface area contributed by atoms with Crippen molar-refractivity contribution in [3.8, 4) is 0 Å². The largest absolute Gasteiger partial charge is 0.382 e. The Morgan fingerprint density at radius 2 is 2.40 bits per heavy atom. The topological polar surface area (TPSA) is 47.6 Å². The first-order chi connectivity index (χ1) is 9.61. The van der Waals surface area contributed by atoms with Crippen LogP contribution in [0.4, 0.5) is 0 Å². The molecule has 5 heteroatoms. The molecule has 0 spiro atoms. The molecule has 0 aliphatic carbocycles. The molecule has 0 saturated carbocycles. The number of rotatable bonds is 5. The smallest absolute Gasteiger partial charge is 0.251 e. The summed E-state index contributed by atoms with van der Waals surface area (Å²) >= 11 is 5.91. The second-order valence-electron chi connectivity index (χ2n) is 5.05. The van der Waals surface area contributed by atoms with Gasteiger partial charge in [-0.05, 0) is 43.5 Å². The monoisotopic (exact) mass is 297 g/mol. The van der Waals surface area contributed by atoms with Crippen LogP contribution >= 0.6 is 11.6 Å². The Morgan fingerprint density at radius 3 is 3.00 bits per heavy atom. The van der Waals surface area contributed by atoms with Gasteiger partial charge in [0.2, 0.25) is 0 Å². The number of methoxy groups -OCH3 is 1. The van der Waals surface area contributed by atoms with Crippen molar-refractivity contribution in [2.24, 2.45) is 0 Å². The van der Waals surface area contributed by atoms with Crippen LogP contribution in [-0.2, 0) is 9.47 Å². The maximum absolute atomic E-state index is 12.4. The van der Waals surface area contributed by atoms with Gasteiger partial charge in [-0.15, -0.1) is 0 Å². The van der Waals surface area contributed by atoms with Gasteiger partial charge in [-0.25, -0.2) is 0 Å². The SMILES string of the molecule is COCC(NC(=O)c1ccc(Cl)cc1C)C1CCCO1. The third-order valence-corrected chi connectivity index (χ3v) is 3.74. The van der Waals surface area contributed by atoms with Crippen molar-refractivity contribution >= 4 is 17.5 Å². The van der Waals surface area contributed by atoms with E-state index in [1.165, 1.54) is 0 Å². The summed E-state index contributed by atoms with van der Waals surface area (Å²) in [6.45, 7) is 3.07. The van der Waals surface area contributed by atoms with Crippen molar-refractivity contribution in [1.82, 2.24) is 5.32 Å². The van der Waals surface area contributed by atoms with E-state index in [0.29, 0.717) is 17.2 Å². The molecule has 0 bridgehead atoms. The number of aryl methyl sites for hydroxylation is 1. The lowest BCUT2D eigenvalue weighted by molar-refractivity contribution is 0.0403. The maximum Gasteiger partial charge on any atom is 0.251 e. The van der Waals surface area contributed by atoms with E-state index in [9.17, 15) is 4.79 Å². The van der Waals surface area contributed by atoms with Crippen LogP contribution in [0.3, 0.4) is 0 Å². The normalized spacial score (nSPS) is 19.9. The number of halogens is 1. The van der Waals surface area contributed by atoms with E-state index in [2.05, 4.69) is 5.32 Å². The molecule has 0 aromatic heterocycles. The number of carbonyl (C=O) groups is 1. The summed E-state index contributed by atoms with van der Waals surface area (Å²) in [6.07, 6.45) is 2.01. The third kappa shape index (κ3) is 3.72. The molecule has 0 radical (unpaired) electrons. The van der Waals surface area contributed by atoms with Crippen molar-refractivity contribution < 1.29 is 14.3 Å². The number of nitrogens with one attached hydrogen (secondary N) is 1. The van der Waals surface area contributed by atoms with Crippen LogP contribution in [0.5, 0.6) is 0 Å². The first-order valence-corrected chi connectivity index (χ1v) is 7.17. The first kappa shape index (κ1) is 15.3. The molecule has 1 fully saturated rings. The maximum atomic E-state index is 12.4. The number of ether oxygens (including phenoxy) is 2. The van der Waals surface area contributed by atoms with Crippen LogP contribution in [0, 0.1) is 6.92 Å². The van der Waals surface area contributed by atoms with Gasteiger partial charge in [-0.3, -0.25) is 4.79 Å². The molecule has 1 aromatic rings. The molecule has 1 aliphatic rings. The Hall–Kier alpha value is -1.10. The average Bonchev–Trinajstić information content (AvgIpc) is 2.91. The summed E-state index contributed by atoms with van der Waals surface area (Å²) in [5.74, 6) is -0.114. The number of benzene rings is 1. The zero-order valence-electron chi connectivity index (χ0n) is 11.8. The molecule has 1 heterocycles. The summed E-state index contributed by atoms with van der Waals surface area (Å²) in [6, 6.07) is 5.13. The quantitative estimate of drug-likeness (QED) is 0.909. The Kier molecular flexibility index (Phi) is 5.40. The van der Waals surface area contributed by atoms with Gasteiger partial charge in [0.1, 0.15) is 0 Å². The highest BCUT2D eigenvalue weighted by Crippen LogP contribution is 2.18. The molecule has 2 rings (SSSR count). The lowest BCUT2D eigenvalue weighted by Crippen LogP contribution is -2.46. The second kappa shape index (κ2) is 7.07. The van der Waals surface area contributed by atoms with Crippen molar-refractivity contribution in [3.05, 3.63) is 34.3 Å². The molecule has 1 N–H and O–H groups in total. The molecule has 2 unspecified atom stereocenters. The molecule has 4 nitrogen and oxygen atoms in total. The molecule has 110 valence electrons. The summed E-state index contributed by atoms with van der Waals surface area (Å²) in [5.41, 5.74) is 1.49. The average molecular weight is 298 g/mol. The fourth-order valence-corrected chi connectivity index (χ4v) is 2.70. The number of amides is 1. The fourth-order valence-electron chi connectivity index (χ4n) is 2.47. The Labute approximate surface area is 124 Å². The van der Waals surface area contributed by atoms with Gasteiger partial charge in [-0.1, -0.05) is 11.6 Å². The number of hydrogen-bond acceptors (Lipinski definition) is 3. The van der Waals surface area contributed by atoms with Gasteiger partial charge >= 0.3 is 0 Å². The summed E-state index contributed by atoms with van der Waals surface area (Å²) in [4.78, 5) is 12.4. The highest BCUT2D eigenvalue weighted by Gasteiger charge is 2.27. The minimum atomic E-state index is -0.120. The Bertz CT molecular complexity index is 472. The van der Waals surface area contributed by atoms with E-state index in [0.717, 1.165) is 25.0 Å². The van der Waals surface area contributed by atoms with Gasteiger partial charge in [0.15, 0.2) is 0 Å². The van der Waals surface area contributed by atoms with E-state index >= 15 is 0 Å². The Balaban J connectivity index is 2.07. The van der Waals surface area contributed by atoms with Gasteiger partial charge in [0.05, 0.1) is 18.8 Å². The highest BCUT2D eigenvalue weighted by atomic mass is 35.5. The standard InChI is InChI=1S/C15H20ClNO3/c1-10-8-11(16)5-6-12(10)15(18)17-13(9-19-2)14-4-3-7-20-14/h5-6,8,13-14H,3-4,7,9H2,1-2H3,(H,17,18). The Morgan fingerprint density at radius 1 is 1.60 bits per heavy atom. The van der Waals surface area contributed by atoms with Crippen LogP contribution < -0.4 is 5.32 Å². The molecule has 2 atom stereocenters. The molecular weight excluding hydrogens is 278 g/mol. The van der Waals surface area contributed by atoms with E-state index in [1.54, 1.807) is 25.3 Å². The predicted molar refractivity (Wildman–Crippen MR) is 78.3 cm³/mol. The minimum absolute atomic E-state index is 0.0338. The van der Waals surface area contributed by atoms with Crippen molar-refractivity contribution in [3.63, 3.8) is 0 Å². The van der Waals surface area contributed by atoms with Crippen molar-refractivity contribution in [1.29, 1.82) is 0 Å². The minimum Gasteiger partial charge on any atom is -0.382 e. The molecule has 1 saturated heterocycles. The van der Waals surface area contributed by atoms with Gasteiger partial charge in [0.25, 0.3) is 5.91 Å². The van der Waals surface area contributed by atoms with Crippen LogP contribution in [0.25, 0.3) is 0 Å². The van der Waals surface area contributed by atoms with E-state index in [-0.39, 0.29) is 18.1 Å². The van der Waals surface area contributed by atoms with Crippen LogP contribution in [0.1, 0.15) is 28.8 Å². The van der Waals surface area contributed by atoms with Crippen LogP contribution in [0.15, 0.2) is 18.2 Å². The van der Waals surface area contributed by atoms with Gasteiger partial charge in [0, 0.05) is 24.3 Å². The molecule has 1 aliphatic heterocycles. The second-order valence-corrected chi connectivity index (χ2v) is 5.48. The lowest BCUT2D eigenvalue weighted by atomic mass is 10.1. The van der Waals surface area contributed by atoms with E-state index < -0.39 is 0 Å². The highest BCUT2D eigenvalue weighted by molar-refractivity contribution is 6.30. The van der Waals surface area contributed by atoms with E-state index in [1.807, 2.05) is 6.92 Å². The summed E-state index contributed by atoms with van der Waals surface area (Å²) < 4.78 is 10.8. The zero-order valence-corrected chi connectivity index (χ0v) is 12.6. The van der Waals surface area contributed by atoms with Crippen molar-refractivity contribution in [2.75, 3.05) is 20.3 Å². The fraction of sp³-hybridized carbons (Fsp3) is 0.533. The summed E-state index contributed by atoms with van der Waals surface area (Å²) in [7, 11) is 1.63. The number of carbonyl (C=O) groups excluding carboxylic acids is 1. The first-order valence-electron chi connectivity index (χ1n) is 6.79. The van der Waals surface area contributed by atoms with Crippen LogP contribution in [-0.4, -0.2) is 38.4 Å². The zero-order chi connectivity index (χ0) is 14.5.